The highest BCUT2D eigenvalue weighted by Gasteiger charge is 2.26. The van der Waals surface area contributed by atoms with Crippen LogP contribution in [0.15, 0.2) is 0 Å². The van der Waals surface area contributed by atoms with Crippen LogP contribution in [0.25, 0.3) is 0 Å². The molecule has 2 rings (SSSR count). The molecule has 2 fully saturated rings. The van der Waals surface area contributed by atoms with Crippen molar-refractivity contribution in [3.8, 4) is 0 Å². The number of nitrogens with two attached hydrogens (primary N) is 1. The van der Waals surface area contributed by atoms with E-state index in [-0.39, 0.29) is 0 Å². The summed E-state index contributed by atoms with van der Waals surface area (Å²) in [6, 6.07) is 0.545. The van der Waals surface area contributed by atoms with Crippen LogP contribution >= 0.6 is 0 Å². The average Bonchev–Trinajstić information content (AvgIpc) is 2.38. The van der Waals surface area contributed by atoms with Gasteiger partial charge >= 0.3 is 0 Å². The summed E-state index contributed by atoms with van der Waals surface area (Å²) < 4.78 is 5.41. The first-order valence-electron chi connectivity index (χ1n) is 6.94. The molecule has 3 nitrogen and oxygen atoms in total. The zero-order valence-electron chi connectivity index (χ0n) is 10.3. The van der Waals surface area contributed by atoms with E-state index in [1.165, 1.54) is 51.4 Å². The third kappa shape index (κ3) is 3.44. The van der Waals surface area contributed by atoms with Crippen molar-refractivity contribution in [1.29, 1.82) is 0 Å². The van der Waals surface area contributed by atoms with Gasteiger partial charge in [-0.15, -0.1) is 0 Å². The molecule has 16 heavy (non-hydrogen) atoms. The summed E-state index contributed by atoms with van der Waals surface area (Å²) in [6.45, 7) is 1.90. The molecule has 0 aromatic carbocycles. The van der Waals surface area contributed by atoms with Crippen LogP contribution in [0, 0.1) is 11.8 Å². The first-order chi connectivity index (χ1) is 7.90. The number of ether oxygens (including phenoxy) is 1. The van der Waals surface area contributed by atoms with Gasteiger partial charge in [0, 0.05) is 19.3 Å². The Hall–Kier alpha value is -0.120. The third-order valence-corrected chi connectivity index (χ3v) is 4.36. The van der Waals surface area contributed by atoms with E-state index in [9.17, 15) is 0 Å². The highest BCUT2D eigenvalue weighted by atomic mass is 16.5. The fourth-order valence-electron chi connectivity index (χ4n) is 3.27. The van der Waals surface area contributed by atoms with Crippen molar-refractivity contribution in [2.24, 2.45) is 17.7 Å². The molecule has 1 saturated carbocycles. The second-order valence-corrected chi connectivity index (χ2v) is 5.46. The molecule has 94 valence electrons. The predicted molar refractivity (Wildman–Crippen MR) is 65.8 cm³/mol. The van der Waals surface area contributed by atoms with Crippen LogP contribution in [0.3, 0.4) is 0 Å². The van der Waals surface area contributed by atoms with Gasteiger partial charge in [-0.1, -0.05) is 19.3 Å². The number of nitrogens with one attached hydrogen (secondary N) is 1. The van der Waals surface area contributed by atoms with Crippen molar-refractivity contribution in [3.63, 3.8) is 0 Å². The maximum absolute atomic E-state index is 5.74. The molecule has 0 radical (unpaired) electrons. The lowest BCUT2D eigenvalue weighted by Gasteiger charge is -2.33. The minimum atomic E-state index is 0.545. The van der Waals surface area contributed by atoms with Crippen LogP contribution in [0.5, 0.6) is 0 Å². The van der Waals surface area contributed by atoms with E-state index >= 15 is 0 Å². The number of hydrogen-bond donors (Lipinski definition) is 2. The summed E-state index contributed by atoms with van der Waals surface area (Å²) in [6.07, 6.45) is 10.7. The Balaban J connectivity index is 1.78. The molecular formula is C13H26N2O. The third-order valence-electron chi connectivity index (χ3n) is 4.36. The normalized spacial score (nSPS) is 26.8. The quantitative estimate of drug-likeness (QED) is 0.571. The highest BCUT2D eigenvalue weighted by Crippen LogP contribution is 2.30. The maximum atomic E-state index is 5.74. The molecule has 1 aliphatic heterocycles. The van der Waals surface area contributed by atoms with Gasteiger partial charge in [0.1, 0.15) is 0 Å². The smallest absolute Gasteiger partial charge is 0.0468 e. The first-order valence-corrected chi connectivity index (χ1v) is 6.94. The van der Waals surface area contributed by atoms with E-state index in [1.807, 2.05) is 0 Å². The largest absolute Gasteiger partial charge is 0.381 e. The molecule has 1 unspecified atom stereocenters. The first kappa shape index (κ1) is 12.3. The lowest BCUT2D eigenvalue weighted by Crippen LogP contribution is -2.43. The molecule has 0 amide bonds. The van der Waals surface area contributed by atoms with E-state index in [1.54, 1.807) is 0 Å². The van der Waals surface area contributed by atoms with Gasteiger partial charge in [-0.25, -0.2) is 0 Å². The maximum Gasteiger partial charge on any atom is 0.0468 e. The van der Waals surface area contributed by atoms with Crippen LogP contribution in [0.1, 0.15) is 51.4 Å². The summed E-state index contributed by atoms with van der Waals surface area (Å²) in [5.74, 6) is 7.39. The Morgan fingerprint density at radius 2 is 1.75 bits per heavy atom. The fourth-order valence-corrected chi connectivity index (χ4v) is 3.27. The summed E-state index contributed by atoms with van der Waals surface area (Å²) >= 11 is 0. The van der Waals surface area contributed by atoms with Crippen LogP contribution in [-0.4, -0.2) is 19.3 Å². The van der Waals surface area contributed by atoms with Crippen molar-refractivity contribution in [2.75, 3.05) is 13.2 Å². The molecule has 1 heterocycles. The predicted octanol–water partition coefficient (Wildman–Crippen LogP) is 2.22. The minimum Gasteiger partial charge on any atom is -0.381 e. The highest BCUT2D eigenvalue weighted by molar-refractivity contribution is 4.81. The van der Waals surface area contributed by atoms with E-state index < -0.39 is 0 Å². The minimum absolute atomic E-state index is 0.545. The molecule has 1 aliphatic carbocycles. The van der Waals surface area contributed by atoms with Crippen molar-refractivity contribution in [2.45, 2.75) is 57.4 Å². The molecule has 3 N–H and O–H groups in total. The fraction of sp³-hybridized carbons (Fsp3) is 1.00. The van der Waals surface area contributed by atoms with Gasteiger partial charge in [0.25, 0.3) is 0 Å². The van der Waals surface area contributed by atoms with Crippen molar-refractivity contribution in [1.82, 2.24) is 5.43 Å². The standard InChI is InChI=1S/C13H26N2O/c14-15-13(12-4-2-1-3-5-12)10-11-6-8-16-9-7-11/h11-13,15H,1-10,14H2. The zero-order valence-corrected chi connectivity index (χ0v) is 10.3. The van der Waals surface area contributed by atoms with Gasteiger partial charge in [0.2, 0.25) is 0 Å². The van der Waals surface area contributed by atoms with Crippen molar-refractivity contribution in [3.05, 3.63) is 0 Å². The molecule has 1 atom stereocenters. The summed E-state index contributed by atoms with van der Waals surface area (Å²) in [5.41, 5.74) is 3.08. The lowest BCUT2D eigenvalue weighted by molar-refractivity contribution is 0.0564. The second-order valence-electron chi connectivity index (χ2n) is 5.46. The second kappa shape index (κ2) is 6.58. The Labute approximate surface area is 99.1 Å². The Morgan fingerprint density at radius 3 is 2.38 bits per heavy atom. The molecular weight excluding hydrogens is 200 g/mol. The molecule has 0 aromatic heterocycles. The summed E-state index contributed by atoms with van der Waals surface area (Å²) in [5, 5.41) is 0. The Morgan fingerprint density at radius 1 is 1.06 bits per heavy atom. The van der Waals surface area contributed by atoms with Gasteiger partial charge in [0.05, 0.1) is 0 Å². The van der Waals surface area contributed by atoms with E-state index in [2.05, 4.69) is 5.43 Å². The van der Waals surface area contributed by atoms with Crippen LogP contribution in [0.4, 0.5) is 0 Å². The molecule has 0 bridgehead atoms. The van der Waals surface area contributed by atoms with Crippen molar-refractivity contribution >= 4 is 0 Å². The van der Waals surface area contributed by atoms with E-state index in [4.69, 9.17) is 10.6 Å². The SMILES string of the molecule is NNC(CC1CCOCC1)C1CCCCC1. The van der Waals surface area contributed by atoms with Crippen molar-refractivity contribution < 1.29 is 4.74 Å². The van der Waals surface area contributed by atoms with Gasteiger partial charge < -0.3 is 4.74 Å². The number of rotatable bonds is 4. The van der Waals surface area contributed by atoms with Crippen LogP contribution in [-0.2, 0) is 4.74 Å². The average molecular weight is 226 g/mol. The molecule has 2 aliphatic rings. The van der Waals surface area contributed by atoms with Crippen LogP contribution in [0.2, 0.25) is 0 Å². The number of hydrazine groups is 1. The molecule has 0 aromatic rings. The molecule has 0 spiro atoms. The summed E-state index contributed by atoms with van der Waals surface area (Å²) in [4.78, 5) is 0. The monoisotopic (exact) mass is 226 g/mol. The summed E-state index contributed by atoms with van der Waals surface area (Å²) in [7, 11) is 0. The Kier molecular flexibility index (Phi) is 5.07. The van der Waals surface area contributed by atoms with Gasteiger partial charge in [0.15, 0.2) is 0 Å². The van der Waals surface area contributed by atoms with E-state index in [0.29, 0.717) is 6.04 Å². The molecule has 3 heteroatoms. The number of hydrogen-bond acceptors (Lipinski definition) is 3. The van der Waals surface area contributed by atoms with Gasteiger partial charge in [-0.2, -0.15) is 0 Å². The zero-order chi connectivity index (χ0) is 11.2. The van der Waals surface area contributed by atoms with Gasteiger partial charge in [-0.05, 0) is 43.9 Å². The molecule has 1 saturated heterocycles. The van der Waals surface area contributed by atoms with E-state index in [0.717, 1.165) is 25.0 Å². The van der Waals surface area contributed by atoms with Gasteiger partial charge in [-0.3, -0.25) is 11.3 Å². The lowest BCUT2D eigenvalue weighted by atomic mass is 9.79. The van der Waals surface area contributed by atoms with Crippen LogP contribution < -0.4 is 11.3 Å². The Bertz CT molecular complexity index is 186. The topological polar surface area (TPSA) is 47.3 Å².